The first-order valence-corrected chi connectivity index (χ1v) is 9.76. The van der Waals surface area contributed by atoms with Gasteiger partial charge in [0.05, 0.1) is 22.7 Å². The molecule has 2 aromatic rings. The third-order valence-electron chi connectivity index (χ3n) is 3.72. The fourth-order valence-electron chi connectivity index (χ4n) is 2.60. The molecule has 22 heavy (non-hydrogen) atoms. The predicted octanol–water partition coefficient (Wildman–Crippen LogP) is 2.00. The zero-order valence-electron chi connectivity index (χ0n) is 11.8. The Bertz CT molecular complexity index is 916. The van der Waals surface area contributed by atoms with Crippen molar-refractivity contribution in [3.05, 3.63) is 54.1 Å². The molecular weight excluding hydrogens is 324 g/mol. The van der Waals surface area contributed by atoms with Crippen molar-refractivity contribution >= 4 is 19.7 Å². The monoisotopic (exact) mass is 338 g/mol. The lowest BCUT2D eigenvalue weighted by Gasteiger charge is -2.12. The Hall–Kier alpha value is -1.86. The highest BCUT2D eigenvalue weighted by atomic mass is 32.2. The van der Waals surface area contributed by atoms with Gasteiger partial charge in [0.2, 0.25) is 0 Å². The largest absolute Gasteiger partial charge is 0.497 e. The van der Waals surface area contributed by atoms with Crippen LogP contribution in [0, 0.1) is 0 Å². The van der Waals surface area contributed by atoms with E-state index in [2.05, 4.69) is 0 Å². The van der Waals surface area contributed by atoms with Gasteiger partial charge in [-0.05, 0) is 35.9 Å². The summed E-state index contributed by atoms with van der Waals surface area (Å²) in [7, 11) is -5.94. The average molecular weight is 338 g/mol. The van der Waals surface area contributed by atoms with Crippen LogP contribution in [0.3, 0.4) is 0 Å². The molecule has 0 spiro atoms. The standard InChI is InChI=1S/C15H14O5S2/c1-20-11-7-8-14-13(9-11)15(10-21(14,16)17)22(18,19)12-5-3-2-4-6-12/h2-9,15H,10H2,1H3. The maximum atomic E-state index is 12.8. The SMILES string of the molecule is COc1ccc2c(c1)C(S(=O)(=O)c1ccccc1)CS2(=O)=O. The Morgan fingerprint density at radius 1 is 1.09 bits per heavy atom. The minimum absolute atomic E-state index is 0.0674. The zero-order chi connectivity index (χ0) is 16.0. The molecule has 0 N–H and O–H groups in total. The minimum Gasteiger partial charge on any atom is -0.497 e. The molecule has 0 bridgehead atoms. The van der Waals surface area contributed by atoms with Gasteiger partial charge in [0.1, 0.15) is 11.0 Å². The van der Waals surface area contributed by atoms with Crippen LogP contribution in [0.15, 0.2) is 58.3 Å². The first-order valence-electron chi connectivity index (χ1n) is 6.56. The molecule has 1 atom stereocenters. The summed E-state index contributed by atoms with van der Waals surface area (Å²) in [5, 5.41) is -1.11. The quantitative estimate of drug-likeness (QED) is 0.855. The molecule has 1 aliphatic rings. The van der Waals surface area contributed by atoms with Gasteiger partial charge in [0, 0.05) is 0 Å². The lowest BCUT2D eigenvalue weighted by molar-refractivity contribution is 0.414. The summed E-state index contributed by atoms with van der Waals surface area (Å²) in [6.45, 7) is 0. The Labute approximate surface area is 129 Å². The topological polar surface area (TPSA) is 77.5 Å². The summed E-state index contributed by atoms with van der Waals surface area (Å²) >= 11 is 0. The average Bonchev–Trinajstić information content (AvgIpc) is 2.80. The van der Waals surface area contributed by atoms with Crippen molar-refractivity contribution < 1.29 is 21.6 Å². The highest BCUT2D eigenvalue weighted by molar-refractivity contribution is 7.96. The van der Waals surface area contributed by atoms with Crippen molar-refractivity contribution in [1.29, 1.82) is 0 Å². The molecule has 5 nitrogen and oxygen atoms in total. The molecule has 0 fully saturated rings. The molecule has 3 rings (SSSR count). The van der Waals surface area contributed by atoms with Crippen molar-refractivity contribution in [3.8, 4) is 5.75 Å². The van der Waals surface area contributed by atoms with E-state index in [1.54, 1.807) is 18.2 Å². The van der Waals surface area contributed by atoms with Gasteiger partial charge in [0.25, 0.3) is 0 Å². The van der Waals surface area contributed by atoms with E-state index in [0.717, 1.165) is 0 Å². The smallest absolute Gasteiger partial charge is 0.186 e. The van der Waals surface area contributed by atoms with E-state index in [9.17, 15) is 16.8 Å². The van der Waals surface area contributed by atoms with Crippen LogP contribution in [0.4, 0.5) is 0 Å². The molecular formula is C15H14O5S2. The van der Waals surface area contributed by atoms with Gasteiger partial charge in [-0.15, -0.1) is 0 Å². The molecule has 116 valence electrons. The Kier molecular flexibility index (Phi) is 3.49. The molecule has 0 aromatic heterocycles. The summed E-state index contributed by atoms with van der Waals surface area (Å²) in [6.07, 6.45) is 0. The first-order chi connectivity index (χ1) is 10.4. The van der Waals surface area contributed by atoms with Gasteiger partial charge in [-0.3, -0.25) is 0 Å². The maximum absolute atomic E-state index is 12.8. The van der Waals surface area contributed by atoms with Gasteiger partial charge < -0.3 is 4.74 Å². The van der Waals surface area contributed by atoms with E-state index in [1.165, 1.54) is 37.4 Å². The fraction of sp³-hybridized carbons (Fsp3) is 0.200. The van der Waals surface area contributed by atoms with E-state index in [4.69, 9.17) is 4.74 Å². The second-order valence-electron chi connectivity index (χ2n) is 5.03. The first kappa shape index (κ1) is 15.1. The van der Waals surface area contributed by atoms with Crippen LogP contribution in [0.25, 0.3) is 0 Å². The number of sulfone groups is 2. The number of ether oxygens (including phenoxy) is 1. The third-order valence-corrected chi connectivity index (χ3v) is 7.84. The normalized spacial score (nSPS) is 19.6. The number of hydrogen-bond acceptors (Lipinski definition) is 5. The molecule has 0 aliphatic carbocycles. The predicted molar refractivity (Wildman–Crippen MR) is 81.4 cm³/mol. The van der Waals surface area contributed by atoms with Crippen molar-refractivity contribution in [2.45, 2.75) is 15.0 Å². The molecule has 1 unspecified atom stereocenters. The van der Waals surface area contributed by atoms with E-state index in [0.29, 0.717) is 5.75 Å². The Balaban J connectivity index is 2.20. The Morgan fingerprint density at radius 3 is 2.41 bits per heavy atom. The summed E-state index contributed by atoms with van der Waals surface area (Å²) in [6, 6.07) is 12.3. The molecule has 7 heteroatoms. The van der Waals surface area contributed by atoms with E-state index in [-0.39, 0.29) is 15.4 Å². The van der Waals surface area contributed by atoms with E-state index in [1.807, 2.05) is 0 Å². The second-order valence-corrected chi connectivity index (χ2v) is 9.16. The molecule has 1 aliphatic heterocycles. The van der Waals surface area contributed by atoms with Crippen molar-refractivity contribution in [1.82, 2.24) is 0 Å². The highest BCUT2D eigenvalue weighted by Gasteiger charge is 2.43. The molecule has 2 aromatic carbocycles. The summed E-state index contributed by atoms with van der Waals surface area (Å²) in [5.74, 6) is -0.00341. The number of rotatable bonds is 3. The van der Waals surface area contributed by atoms with Gasteiger partial charge >= 0.3 is 0 Å². The van der Waals surface area contributed by atoms with Crippen molar-refractivity contribution in [2.75, 3.05) is 12.9 Å². The molecule has 0 amide bonds. The third kappa shape index (κ3) is 2.30. The van der Waals surface area contributed by atoms with Crippen LogP contribution in [-0.2, 0) is 19.7 Å². The van der Waals surface area contributed by atoms with Crippen molar-refractivity contribution in [3.63, 3.8) is 0 Å². The van der Waals surface area contributed by atoms with Crippen LogP contribution < -0.4 is 4.74 Å². The zero-order valence-corrected chi connectivity index (χ0v) is 13.4. The molecule has 0 saturated heterocycles. The minimum atomic E-state index is -3.78. The van der Waals surface area contributed by atoms with Gasteiger partial charge in [-0.2, -0.15) is 0 Å². The molecule has 1 heterocycles. The number of methoxy groups -OCH3 is 1. The summed E-state index contributed by atoms with van der Waals surface area (Å²) < 4.78 is 55.1. The van der Waals surface area contributed by atoms with E-state index >= 15 is 0 Å². The van der Waals surface area contributed by atoms with Crippen LogP contribution in [-0.4, -0.2) is 29.7 Å². The second kappa shape index (κ2) is 5.10. The lowest BCUT2D eigenvalue weighted by Crippen LogP contribution is -2.15. The van der Waals surface area contributed by atoms with Crippen LogP contribution in [0.5, 0.6) is 5.75 Å². The van der Waals surface area contributed by atoms with Crippen molar-refractivity contribution in [2.24, 2.45) is 0 Å². The lowest BCUT2D eigenvalue weighted by atomic mass is 10.1. The van der Waals surface area contributed by atoms with Crippen LogP contribution >= 0.6 is 0 Å². The van der Waals surface area contributed by atoms with Crippen LogP contribution in [0.1, 0.15) is 10.8 Å². The summed E-state index contributed by atoms with van der Waals surface area (Å²) in [5.41, 5.74) is 0.281. The fourth-order valence-corrected chi connectivity index (χ4v) is 6.91. The molecule has 0 saturated carbocycles. The maximum Gasteiger partial charge on any atom is 0.186 e. The van der Waals surface area contributed by atoms with Gasteiger partial charge in [-0.25, -0.2) is 16.8 Å². The van der Waals surface area contributed by atoms with Gasteiger partial charge in [-0.1, -0.05) is 18.2 Å². The Morgan fingerprint density at radius 2 is 1.77 bits per heavy atom. The molecule has 0 radical (unpaired) electrons. The van der Waals surface area contributed by atoms with Crippen LogP contribution in [0.2, 0.25) is 0 Å². The van der Waals surface area contributed by atoms with Gasteiger partial charge in [0.15, 0.2) is 19.7 Å². The number of fused-ring (bicyclic) bond motifs is 1. The number of benzene rings is 2. The highest BCUT2D eigenvalue weighted by Crippen LogP contribution is 2.42. The summed E-state index contributed by atoms with van der Waals surface area (Å²) in [4.78, 5) is 0.184. The number of hydrogen-bond donors (Lipinski definition) is 0. The van der Waals surface area contributed by atoms with E-state index < -0.39 is 30.7 Å².